The van der Waals surface area contributed by atoms with Crippen LogP contribution in [0.5, 0.6) is 5.75 Å². The molecule has 1 atom stereocenters. The SMILES string of the molecule is CC1CN(Cc2ccc(OC(F)(F)F)cc2)C(=O)C(C(=O)NCC(=O)[O-])=C1O.[Na+]. The van der Waals surface area contributed by atoms with Crippen LogP contribution in [0.1, 0.15) is 12.5 Å². The van der Waals surface area contributed by atoms with Crippen molar-refractivity contribution in [1.82, 2.24) is 10.2 Å². The van der Waals surface area contributed by atoms with Gasteiger partial charge in [-0.05, 0) is 17.7 Å². The summed E-state index contributed by atoms with van der Waals surface area (Å²) < 4.78 is 40.4. The number of amides is 2. The molecule has 12 heteroatoms. The number of hydrogen-bond acceptors (Lipinski definition) is 6. The summed E-state index contributed by atoms with van der Waals surface area (Å²) in [5.41, 5.74) is -0.122. The normalized spacial score (nSPS) is 16.9. The predicted molar refractivity (Wildman–Crippen MR) is 85.4 cm³/mol. The Hall–Kier alpha value is -2.24. The molecule has 1 heterocycles. The minimum absolute atomic E-state index is 0. The van der Waals surface area contributed by atoms with E-state index in [-0.39, 0.29) is 42.6 Å². The number of aliphatic carboxylic acids is 1. The summed E-state index contributed by atoms with van der Waals surface area (Å²) in [6, 6.07) is 4.82. The molecule has 0 saturated carbocycles. The first kappa shape index (κ1) is 24.8. The molecule has 0 saturated heterocycles. The minimum Gasteiger partial charge on any atom is -0.548 e. The van der Waals surface area contributed by atoms with E-state index in [0.29, 0.717) is 5.56 Å². The number of carboxylic acids is 1. The van der Waals surface area contributed by atoms with Gasteiger partial charge < -0.3 is 30.0 Å². The van der Waals surface area contributed by atoms with Gasteiger partial charge >= 0.3 is 35.9 Å². The zero-order valence-corrected chi connectivity index (χ0v) is 17.6. The number of carbonyl (C=O) groups is 3. The number of ether oxygens (including phenoxy) is 1. The van der Waals surface area contributed by atoms with Gasteiger partial charge in [-0.2, -0.15) is 0 Å². The zero-order valence-electron chi connectivity index (χ0n) is 15.6. The summed E-state index contributed by atoms with van der Waals surface area (Å²) in [4.78, 5) is 36.3. The van der Waals surface area contributed by atoms with E-state index in [2.05, 4.69) is 4.74 Å². The monoisotopic (exact) mass is 424 g/mol. The average Bonchev–Trinajstić information content (AvgIpc) is 2.58. The first-order valence-corrected chi connectivity index (χ1v) is 8.03. The standard InChI is InChI=1S/C17H17F3N2O6.Na/c1-9-7-22(8-10-2-4-11(5-3-10)28-17(18,19)20)16(27)13(14(9)25)15(26)21-6-12(23)24;/h2-5,9,25H,6-8H2,1H3,(H,21,26)(H,23,24);/q;+1/p-1. The van der Waals surface area contributed by atoms with Crippen molar-refractivity contribution in [3.8, 4) is 5.75 Å². The number of rotatable bonds is 6. The van der Waals surface area contributed by atoms with E-state index < -0.39 is 53.7 Å². The summed E-state index contributed by atoms with van der Waals surface area (Å²) in [7, 11) is 0. The Balaban J connectivity index is 0.00000420. The van der Waals surface area contributed by atoms with Gasteiger partial charge in [0.15, 0.2) is 0 Å². The molecule has 1 aromatic carbocycles. The Morgan fingerprint density at radius 1 is 1.31 bits per heavy atom. The number of nitrogens with one attached hydrogen (secondary N) is 1. The van der Waals surface area contributed by atoms with Gasteiger partial charge in [-0.3, -0.25) is 9.59 Å². The van der Waals surface area contributed by atoms with E-state index in [9.17, 15) is 37.8 Å². The second-order valence-electron chi connectivity index (χ2n) is 6.09. The number of hydrogen-bond donors (Lipinski definition) is 2. The van der Waals surface area contributed by atoms with Crippen LogP contribution in [-0.2, 0) is 20.9 Å². The van der Waals surface area contributed by atoms with Crippen LogP contribution in [0.25, 0.3) is 0 Å². The molecule has 1 unspecified atom stereocenters. The molecule has 0 fully saturated rings. The minimum atomic E-state index is -4.82. The number of aliphatic hydroxyl groups is 1. The Labute approximate surface area is 185 Å². The van der Waals surface area contributed by atoms with Crippen molar-refractivity contribution >= 4 is 17.8 Å². The topological polar surface area (TPSA) is 119 Å². The molecule has 2 rings (SSSR count). The average molecular weight is 424 g/mol. The first-order valence-electron chi connectivity index (χ1n) is 8.03. The van der Waals surface area contributed by atoms with Gasteiger partial charge in [-0.1, -0.05) is 19.1 Å². The van der Waals surface area contributed by atoms with E-state index in [1.807, 2.05) is 5.32 Å². The third kappa shape index (κ3) is 6.94. The molecule has 0 radical (unpaired) electrons. The van der Waals surface area contributed by atoms with E-state index in [4.69, 9.17) is 0 Å². The summed E-state index contributed by atoms with van der Waals surface area (Å²) in [6.07, 6.45) is -4.82. The third-order valence-electron chi connectivity index (χ3n) is 3.87. The summed E-state index contributed by atoms with van der Waals surface area (Å²) >= 11 is 0. The van der Waals surface area contributed by atoms with Crippen LogP contribution in [-0.4, -0.2) is 47.2 Å². The summed E-state index contributed by atoms with van der Waals surface area (Å²) in [5, 5.41) is 22.5. The second-order valence-corrected chi connectivity index (χ2v) is 6.09. The van der Waals surface area contributed by atoms with Crippen LogP contribution in [0.3, 0.4) is 0 Å². The fourth-order valence-electron chi connectivity index (χ4n) is 2.62. The molecule has 0 spiro atoms. The maximum Gasteiger partial charge on any atom is 1.00 e. The molecule has 0 aliphatic carbocycles. The molecule has 2 N–H and O–H groups in total. The smallest absolute Gasteiger partial charge is 0.548 e. The van der Waals surface area contributed by atoms with Crippen LogP contribution in [0, 0.1) is 5.92 Å². The van der Waals surface area contributed by atoms with Gasteiger partial charge in [0.1, 0.15) is 17.1 Å². The number of halogens is 3. The van der Waals surface area contributed by atoms with Crippen LogP contribution in [0.15, 0.2) is 35.6 Å². The van der Waals surface area contributed by atoms with Gasteiger partial charge in [-0.15, -0.1) is 13.2 Å². The molecule has 0 aromatic heterocycles. The zero-order chi connectivity index (χ0) is 21.1. The molecule has 1 aliphatic heterocycles. The van der Waals surface area contributed by atoms with E-state index in [0.717, 1.165) is 12.1 Å². The number of carboxylic acid groups (broad SMARTS) is 1. The van der Waals surface area contributed by atoms with E-state index in [1.165, 1.54) is 17.0 Å². The Bertz CT molecular complexity index is 810. The van der Waals surface area contributed by atoms with Crippen LogP contribution in [0.2, 0.25) is 0 Å². The van der Waals surface area contributed by atoms with Crippen LogP contribution >= 0.6 is 0 Å². The maximum atomic E-state index is 12.5. The third-order valence-corrected chi connectivity index (χ3v) is 3.87. The quantitative estimate of drug-likeness (QED) is 0.378. The molecular weight excluding hydrogens is 408 g/mol. The van der Waals surface area contributed by atoms with Gasteiger partial charge in [0.2, 0.25) is 0 Å². The summed E-state index contributed by atoms with van der Waals surface area (Å²) in [6.45, 7) is 0.738. The van der Waals surface area contributed by atoms with Crippen molar-refractivity contribution in [2.24, 2.45) is 5.92 Å². The maximum absolute atomic E-state index is 12.5. The van der Waals surface area contributed by atoms with Crippen molar-refractivity contribution < 1.29 is 72.1 Å². The van der Waals surface area contributed by atoms with Gasteiger partial charge in [0, 0.05) is 19.0 Å². The van der Waals surface area contributed by atoms with Crippen LogP contribution < -0.4 is 44.7 Å². The number of alkyl halides is 3. The largest absolute Gasteiger partial charge is 1.00 e. The van der Waals surface area contributed by atoms with Crippen molar-refractivity contribution in [3.63, 3.8) is 0 Å². The Morgan fingerprint density at radius 2 is 1.90 bits per heavy atom. The van der Waals surface area contributed by atoms with Crippen molar-refractivity contribution in [2.75, 3.05) is 13.1 Å². The summed E-state index contributed by atoms with van der Waals surface area (Å²) in [5.74, 6) is -4.95. The second kappa shape index (κ2) is 9.99. The fraction of sp³-hybridized carbons (Fsp3) is 0.353. The Kier molecular flexibility index (Phi) is 8.54. The predicted octanol–water partition coefficient (Wildman–Crippen LogP) is -2.75. The number of carbonyl (C=O) groups excluding carboxylic acids is 3. The molecule has 152 valence electrons. The van der Waals surface area contributed by atoms with Crippen molar-refractivity contribution in [3.05, 3.63) is 41.2 Å². The van der Waals surface area contributed by atoms with E-state index in [1.54, 1.807) is 6.92 Å². The molecule has 2 amide bonds. The first-order chi connectivity index (χ1) is 13.0. The van der Waals surface area contributed by atoms with Gasteiger partial charge in [-0.25, -0.2) is 0 Å². The molecular formula is C17H16F3N2NaO6. The van der Waals surface area contributed by atoms with Crippen molar-refractivity contribution in [1.29, 1.82) is 0 Å². The fourth-order valence-corrected chi connectivity index (χ4v) is 2.62. The molecule has 1 aliphatic rings. The molecule has 1 aromatic rings. The van der Waals surface area contributed by atoms with Crippen LogP contribution in [0.4, 0.5) is 13.2 Å². The Morgan fingerprint density at radius 3 is 2.41 bits per heavy atom. The number of aliphatic hydroxyl groups excluding tert-OH is 1. The van der Waals surface area contributed by atoms with E-state index >= 15 is 0 Å². The number of nitrogens with zero attached hydrogens (tertiary/aromatic N) is 1. The van der Waals surface area contributed by atoms with Crippen molar-refractivity contribution in [2.45, 2.75) is 19.8 Å². The van der Waals surface area contributed by atoms with Gasteiger partial charge in [0.05, 0.1) is 12.5 Å². The molecule has 29 heavy (non-hydrogen) atoms. The molecule has 8 nitrogen and oxygen atoms in total. The van der Waals surface area contributed by atoms with Gasteiger partial charge in [0.25, 0.3) is 11.8 Å². The molecule has 0 bridgehead atoms. The number of benzene rings is 1.